The third kappa shape index (κ3) is 4.42. The monoisotopic (exact) mass is 346 g/mol. The second kappa shape index (κ2) is 8.72. The molecule has 0 spiro atoms. The third-order valence-electron chi connectivity index (χ3n) is 4.04. The largest absolute Gasteiger partial charge is 0.497 e. The van der Waals surface area contributed by atoms with Crippen molar-refractivity contribution in [3.8, 4) is 11.5 Å². The molecule has 0 bridgehead atoms. The molecule has 0 amide bonds. The molecule has 3 aromatic rings. The molecule has 3 aromatic carbocycles. The van der Waals surface area contributed by atoms with Crippen LogP contribution in [0.1, 0.15) is 16.7 Å². The zero-order chi connectivity index (χ0) is 18.2. The van der Waals surface area contributed by atoms with E-state index >= 15 is 0 Å². The van der Waals surface area contributed by atoms with Gasteiger partial charge in [0.1, 0.15) is 11.5 Å². The maximum Gasteiger partial charge on any atom is 0.118 e. The summed E-state index contributed by atoms with van der Waals surface area (Å²) in [7, 11) is 3.32. The quantitative estimate of drug-likeness (QED) is 0.514. The molecule has 4 heteroatoms. The van der Waals surface area contributed by atoms with Crippen molar-refractivity contribution in [3.05, 3.63) is 95.6 Å². The summed E-state index contributed by atoms with van der Waals surface area (Å²) in [5.41, 5.74) is 7.25. The van der Waals surface area contributed by atoms with Gasteiger partial charge in [0.2, 0.25) is 0 Å². The highest BCUT2D eigenvalue weighted by Crippen LogP contribution is 2.18. The Hall–Kier alpha value is -3.27. The van der Waals surface area contributed by atoms with E-state index in [9.17, 15) is 0 Å². The van der Waals surface area contributed by atoms with Gasteiger partial charge in [0, 0.05) is 11.1 Å². The van der Waals surface area contributed by atoms with Crippen LogP contribution in [0.3, 0.4) is 0 Å². The van der Waals surface area contributed by atoms with E-state index < -0.39 is 0 Å². The molecular weight excluding hydrogens is 324 g/mol. The van der Waals surface area contributed by atoms with E-state index in [1.54, 1.807) is 14.2 Å². The summed E-state index contributed by atoms with van der Waals surface area (Å²) in [6.07, 6.45) is 0. The average Bonchev–Trinajstić information content (AvgIpc) is 2.72. The molecule has 0 aliphatic carbocycles. The highest BCUT2D eigenvalue weighted by Gasteiger charge is 2.08. The first-order valence-corrected chi connectivity index (χ1v) is 8.43. The van der Waals surface area contributed by atoms with Crippen LogP contribution < -0.4 is 14.9 Å². The normalized spacial score (nSPS) is 10.1. The molecular formula is C22H22N2O2. The van der Waals surface area contributed by atoms with Crippen LogP contribution >= 0.6 is 0 Å². The van der Waals surface area contributed by atoms with E-state index in [0.717, 1.165) is 28.3 Å². The fraction of sp³-hybridized carbons (Fsp3) is 0.136. The lowest BCUT2D eigenvalue weighted by atomic mass is 10.0. The Morgan fingerprint density at radius 3 is 1.69 bits per heavy atom. The van der Waals surface area contributed by atoms with Gasteiger partial charge < -0.3 is 14.9 Å². The molecule has 0 unspecified atom stereocenters. The van der Waals surface area contributed by atoms with Crippen LogP contribution in [0.25, 0.3) is 0 Å². The number of benzene rings is 3. The lowest BCUT2D eigenvalue weighted by Gasteiger charge is -2.10. The summed E-state index contributed by atoms with van der Waals surface area (Å²) >= 11 is 0. The Morgan fingerprint density at radius 2 is 1.23 bits per heavy atom. The predicted molar refractivity (Wildman–Crippen MR) is 105 cm³/mol. The minimum absolute atomic E-state index is 0.663. The summed E-state index contributed by atoms with van der Waals surface area (Å²) in [6, 6.07) is 26.0. The topological polar surface area (TPSA) is 42.8 Å². The van der Waals surface area contributed by atoms with E-state index in [2.05, 4.69) is 22.7 Å². The highest BCUT2D eigenvalue weighted by atomic mass is 16.5. The van der Waals surface area contributed by atoms with Crippen LogP contribution in [-0.4, -0.2) is 19.9 Å². The van der Waals surface area contributed by atoms with E-state index in [1.165, 1.54) is 5.56 Å². The molecule has 0 aromatic heterocycles. The first-order valence-electron chi connectivity index (χ1n) is 8.43. The molecule has 1 N–H and O–H groups in total. The molecule has 0 atom stereocenters. The summed E-state index contributed by atoms with van der Waals surface area (Å²) in [6.45, 7) is 0.663. The Bertz CT molecular complexity index is 792. The smallest absolute Gasteiger partial charge is 0.118 e. The third-order valence-corrected chi connectivity index (χ3v) is 4.04. The highest BCUT2D eigenvalue weighted by molar-refractivity contribution is 6.12. The molecule has 132 valence electrons. The standard InChI is InChI=1S/C22H22N2O2/c1-25-20-12-8-18(9-13-20)22(19-10-14-21(26-2)15-11-19)24-23-16-17-6-4-3-5-7-17/h3-15,23H,16H2,1-2H3. The number of hydrazone groups is 1. The van der Waals surface area contributed by atoms with Crippen LogP contribution in [0.15, 0.2) is 84.0 Å². The Kier molecular flexibility index (Phi) is 5.88. The SMILES string of the molecule is COc1ccc(C(=NNCc2ccccc2)c2ccc(OC)cc2)cc1. The van der Waals surface area contributed by atoms with Gasteiger partial charge in [0.25, 0.3) is 0 Å². The van der Waals surface area contributed by atoms with E-state index in [4.69, 9.17) is 9.47 Å². The molecule has 26 heavy (non-hydrogen) atoms. The molecule has 0 fully saturated rings. The fourth-order valence-electron chi connectivity index (χ4n) is 2.60. The Balaban J connectivity index is 1.87. The van der Waals surface area contributed by atoms with Crippen molar-refractivity contribution >= 4 is 5.71 Å². The average molecular weight is 346 g/mol. The van der Waals surface area contributed by atoms with Gasteiger partial charge in [-0.25, -0.2) is 0 Å². The first kappa shape index (κ1) is 17.5. The van der Waals surface area contributed by atoms with Crippen molar-refractivity contribution < 1.29 is 9.47 Å². The lowest BCUT2D eigenvalue weighted by Crippen LogP contribution is -2.12. The maximum atomic E-state index is 5.25. The summed E-state index contributed by atoms with van der Waals surface area (Å²) in [5, 5.41) is 4.66. The zero-order valence-corrected chi connectivity index (χ0v) is 15.0. The minimum atomic E-state index is 0.663. The Labute approximate surface area is 154 Å². The van der Waals surface area contributed by atoms with Gasteiger partial charge >= 0.3 is 0 Å². The molecule has 0 saturated carbocycles. The van der Waals surface area contributed by atoms with Crippen molar-refractivity contribution in [2.75, 3.05) is 14.2 Å². The lowest BCUT2D eigenvalue weighted by molar-refractivity contribution is 0.414. The predicted octanol–water partition coefficient (Wildman–Crippen LogP) is 4.25. The van der Waals surface area contributed by atoms with Gasteiger partial charge in [-0.05, 0) is 54.1 Å². The fourth-order valence-corrected chi connectivity index (χ4v) is 2.60. The second-order valence-corrected chi connectivity index (χ2v) is 5.74. The first-order chi connectivity index (χ1) is 12.8. The Morgan fingerprint density at radius 1 is 0.731 bits per heavy atom. The van der Waals surface area contributed by atoms with Gasteiger partial charge in [0.05, 0.1) is 26.5 Å². The molecule has 3 rings (SSSR count). The van der Waals surface area contributed by atoms with Crippen LogP contribution in [-0.2, 0) is 6.54 Å². The molecule has 4 nitrogen and oxygen atoms in total. The second-order valence-electron chi connectivity index (χ2n) is 5.74. The van der Waals surface area contributed by atoms with Gasteiger partial charge in [0.15, 0.2) is 0 Å². The number of nitrogens with one attached hydrogen (secondary N) is 1. The van der Waals surface area contributed by atoms with Crippen LogP contribution in [0.4, 0.5) is 0 Å². The number of ether oxygens (including phenoxy) is 2. The number of hydrogen-bond donors (Lipinski definition) is 1. The van der Waals surface area contributed by atoms with Crippen molar-refractivity contribution in [1.82, 2.24) is 5.43 Å². The maximum absolute atomic E-state index is 5.25. The van der Waals surface area contributed by atoms with Crippen molar-refractivity contribution in [1.29, 1.82) is 0 Å². The number of methoxy groups -OCH3 is 2. The molecule has 0 aliphatic rings. The van der Waals surface area contributed by atoms with Gasteiger partial charge in [-0.3, -0.25) is 0 Å². The van der Waals surface area contributed by atoms with E-state index in [1.807, 2.05) is 66.7 Å². The van der Waals surface area contributed by atoms with Crippen molar-refractivity contribution in [2.24, 2.45) is 5.10 Å². The van der Waals surface area contributed by atoms with Gasteiger partial charge in [-0.15, -0.1) is 0 Å². The van der Waals surface area contributed by atoms with Crippen molar-refractivity contribution in [2.45, 2.75) is 6.54 Å². The zero-order valence-electron chi connectivity index (χ0n) is 15.0. The number of rotatable bonds is 7. The molecule has 0 radical (unpaired) electrons. The summed E-state index contributed by atoms with van der Waals surface area (Å²) < 4.78 is 10.5. The molecule has 0 heterocycles. The van der Waals surface area contributed by atoms with E-state index in [-0.39, 0.29) is 0 Å². The van der Waals surface area contributed by atoms with Gasteiger partial charge in [-0.1, -0.05) is 30.3 Å². The van der Waals surface area contributed by atoms with Crippen LogP contribution in [0.2, 0.25) is 0 Å². The molecule has 0 saturated heterocycles. The minimum Gasteiger partial charge on any atom is -0.497 e. The molecule has 0 aliphatic heterocycles. The van der Waals surface area contributed by atoms with Crippen LogP contribution in [0.5, 0.6) is 11.5 Å². The summed E-state index contributed by atoms with van der Waals surface area (Å²) in [4.78, 5) is 0. The number of hydrogen-bond acceptors (Lipinski definition) is 4. The van der Waals surface area contributed by atoms with Crippen molar-refractivity contribution in [3.63, 3.8) is 0 Å². The number of nitrogens with zero attached hydrogens (tertiary/aromatic N) is 1. The summed E-state index contributed by atoms with van der Waals surface area (Å²) in [5.74, 6) is 1.64. The van der Waals surface area contributed by atoms with E-state index in [0.29, 0.717) is 6.54 Å². The van der Waals surface area contributed by atoms with Gasteiger partial charge in [-0.2, -0.15) is 5.10 Å². The van der Waals surface area contributed by atoms with Crippen LogP contribution in [0, 0.1) is 0 Å².